The van der Waals surface area contributed by atoms with Gasteiger partial charge >= 0.3 is 0 Å². The van der Waals surface area contributed by atoms with E-state index >= 15 is 0 Å². The first-order valence-electron chi connectivity index (χ1n) is 13.2. The zero-order valence-electron chi connectivity index (χ0n) is 20.7. The molecule has 0 spiro atoms. The fourth-order valence-electron chi connectivity index (χ4n) is 5.12. The summed E-state index contributed by atoms with van der Waals surface area (Å²) in [6, 6.07) is 16.9. The first kappa shape index (κ1) is 23.4. The van der Waals surface area contributed by atoms with Gasteiger partial charge in [0, 0.05) is 24.4 Å². The number of aromatic nitrogens is 7. The van der Waals surface area contributed by atoms with Crippen LogP contribution >= 0.6 is 0 Å². The van der Waals surface area contributed by atoms with E-state index in [2.05, 4.69) is 62.6 Å². The van der Waals surface area contributed by atoms with E-state index in [-0.39, 0.29) is 0 Å². The summed E-state index contributed by atoms with van der Waals surface area (Å²) < 4.78 is 2.19. The second kappa shape index (κ2) is 11.4. The molecule has 0 bridgehead atoms. The molecule has 1 N–H and O–H groups in total. The van der Waals surface area contributed by atoms with Gasteiger partial charge in [-0.3, -0.25) is 0 Å². The van der Waals surface area contributed by atoms with E-state index in [9.17, 15) is 0 Å². The molecule has 1 fully saturated rings. The lowest BCUT2D eigenvalue weighted by Crippen LogP contribution is -2.08. The molecule has 4 aromatic rings. The van der Waals surface area contributed by atoms with Gasteiger partial charge in [-0.2, -0.15) is 10.3 Å². The summed E-state index contributed by atoms with van der Waals surface area (Å²) >= 11 is 0. The van der Waals surface area contributed by atoms with Crippen LogP contribution in [-0.2, 0) is 13.0 Å². The van der Waals surface area contributed by atoms with Crippen LogP contribution in [0.1, 0.15) is 87.8 Å². The van der Waals surface area contributed by atoms with Crippen LogP contribution in [0.2, 0.25) is 0 Å². The average Bonchev–Trinajstić information content (AvgIpc) is 3.59. The van der Waals surface area contributed by atoms with Crippen molar-refractivity contribution < 1.29 is 0 Å². The third-order valence-electron chi connectivity index (χ3n) is 7.10. The highest BCUT2D eigenvalue weighted by atomic mass is 15.5. The maximum Gasteiger partial charge on any atom is 0.205 e. The van der Waals surface area contributed by atoms with Crippen molar-refractivity contribution in [2.75, 3.05) is 0 Å². The number of unbranched alkanes of at least 4 members (excludes halogenated alkanes) is 3. The first-order valence-corrected chi connectivity index (χ1v) is 13.2. The normalized spacial score (nSPS) is 14.4. The molecule has 0 aliphatic heterocycles. The highest BCUT2D eigenvalue weighted by Gasteiger charge is 2.22. The van der Waals surface area contributed by atoms with Crippen molar-refractivity contribution in [2.45, 2.75) is 83.6 Å². The number of rotatable bonds is 10. The number of benzene rings is 2. The zero-order chi connectivity index (χ0) is 23.9. The van der Waals surface area contributed by atoms with Crippen LogP contribution in [0.15, 0.2) is 48.5 Å². The summed E-state index contributed by atoms with van der Waals surface area (Å²) in [5.74, 6) is 3.31. The first-order chi connectivity index (χ1) is 17.3. The standard InChI is InChI=1S/C28H35N7/c1-2-3-4-10-19-35-26(29-27(32-35)23-11-6-5-7-12-23)20-21-15-17-22(18-16-21)24-13-8-9-14-25(24)28-30-33-34-31-28/h8-9,13-18,23H,2-7,10-12,19-20H2,1H3,(H,30,31,33,34). The number of nitrogens with one attached hydrogen (secondary N) is 1. The predicted molar refractivity (Wildman–Crippen MR) is 138 cm³/mol. The van der Waals surface area contributed by atoms with E-state index in [0.29, 0.717) is 11.7 Å². The van der Waals surface area contributed by atoms with Gasteiger partial charge in [0.05, 0.1) is 0 Å². The molecule has 0 atom stereocenters. The molecule has 2 aromatic heterocycles. The molecule has 0 amide bonds. The number of hydrogen-bond donors (Lipinski definition) is 1. The van der Waals surface area contributed by atoms with Crippen LogP contribution in [0.3, 0.4) is 0 Å². The van der Waals surface area contributed by atoms with Gasteiger partial charge in [0.15, 0.2) is 5.82 Å². The fraction of sp³-hybridized carbons (Fsp3) is 0.464. The molecule has 1 aliphatic carbocycles. The number of hydrogen-bond acceptors (Lipinski definition) is 5. The molecule has 2 heterocycles. The van der Waals surface area contributed by atoms with Gasteiger partial charge in [-0.05, 0) is 41.2 Å². The molecule has 35 heavy (non-hydrogen) atoms. The SMILES string of the molecule is CCCCCCn1nc(C2CCCCC2)nc1Cc1ccc(-c2ccccc2-c2nn[nH]n2)cc1. The minimum Gasteiger partial charge on any atom is -0.249 e. The monoisotopic (exact) mass is 469 g/mol. The van der Waals surface area contributed by atoms with E-state index in [1.54, 1.807) is 0 Å². The van der Waals surface area contributed by atoms with Crippen molar-refractivity contribution in [3.63, 3.8) is 0 Å². The van der Waals surface area contributed by atoms with Crippen LogP contribution in [0.4, 0.5) is 0 Å². The summed E-state index contributed by atoms with van der Waals surface area (Å²) in [4.78, 5) is 5.08. The molecule has 7 nitrogen and oxygen atoms in total. The topological polar surface area (TPSA) is 85.2 Å². The molecule has 5 rings (SSSR count). The number of nitrogens with zero attached hydrogens (tertiary/aromatic N) is 6. The van der Waals surface area contributed by atoms with Crippen molar-refractivity contribution in [1.82, 2.24) is 35.4 Å². The third-order valence-corrected chi connectivity index (χ3v) is 7.10. The van der Waals surface area contributed by atoms with Crippen molar-refractivity contribution in [2.24, 2.45) is 0 Å². The Bertz CT molecular complexity index is 1190. The Morgan fingerprint density at radius 3 is 2.46 bits per heavy atom. The Morgan fingerprint density at radius 1 is 0.914 bits per heavy atom. The van der Waals surface area contributed by atoms with Gasteiger partial charge in [-0.1, -0.05) is 94.0 Å². The number of tetrazole rings is 1. The fourth-order valence-corrected chi connectivity index (χ4v) is 5.12. The lowest BCUT2D eigenvalue weighted by molar-refractivity contribution is 0.424. The van der Waals surface area contributed by atoms with Gasteiger partial charge in [-0.25, -0.2) is 9.67 Å². The second-order valence-corrected chi connectivity index (χ2v) is 9.66. The Kier molecular flexibility index (Phi) is 7.61. The molecule has 1 saturated carbocycles. The second-order valence-electron chi connectivity index (χ2n) is 9.66. The van der Waals surface area contributed by atoms with E-state index in [0.717, 1.165) is 41.3 Å². The van der Waals surface area contributed by atoms with Gasteiger partial charge in [0.1, 0.15) is 5.82 Å². The number of aromatic amines is 1. The van der Waals surface area contributed by atoms with Crippen LogP contribution in [-0.4, -0.2) is 35.4 Å². The third kappa shape index (κ3) is 5.66. The van der Waals surface area contributed by atoms with Crippen molar-refractivity contribution in [1.29, 1.82) is 0 Å². The Labute approximate surface area is 207 Å². The molecule has 182 valence electrons. The predicted octanol–water partition coefficient (Wildman–Crippen LogP) is 6.34. The highest BCUT2D eigenvalue weighted by molar-refractivity contribution is 5.80. The minimum absolute atomic E-state index is 0.531. The smallest absolute Gasteiger partial charge is 0.205 e. The number of aryl methyl sites for hydroxylation is 1. The molecule has 2 aromatic carbocycles. The zero-order valence-corrected chi connectivity index (χ0v) is 20.7. The van der Waals surface area contributed by atoms with Crippen LogP contribution in [0, 0.1) is 0 Å². The Morgan fingerprint density at radius 2 is 1.71 bits per heavy atom. The van der Waals surface area contributed by atoms with E-state index in [4.69, 9.17) is 10.1 Å². The maximum absolute atomic E-state index is 5.08. The average molecular weight is 470 g/mol. The lowest BCUT2D eigenvalue weighted by Gasteiger charge is -2.18. The molecule has 7 heteroatoms. The van der Waals surface area contributed by atoms with Crippen LogP contribution < -0.4 is 0 Å². The van der Waals surface area contributed by atoms with Crippen LogP contribution in [0.5, 0.6) is 0 Å². The number of H-pyrrole nitrogens is 1. The van der Waals surface area contributed by atoms with E-state index < -0.39 is 0 Å². The van der Waals surface area contributed by atoms with E-state index in [1.807, 2.05) is 18.2 Å². The van der Waals surface area contributed by atoms with Crippen molar-refractivity contribution >= 4 is 0 Å². The summed E-state index contributed by atoms with van der Waals surface area (Å²) in [5.41, 5.74) is 4.46. The lowest BCUT2D eigenvalue weighted by atomic mass is 9.89. The quantitative estimate of drug-likeness (QED) is 0.274. The Hall–Kier alpha value is -3.35. The molecular formula is C28H35N7. The molecule has 1 aliphatic rings. The van der Waals surface area contributed by atoms with Gasteiger partial charge < -0.3 is 0 Å². The molecule has 0 saturated heterocycles. The molecular weight excluding hydrogens is 434 g/mol. The minimum atomic E-state index is 0.531. The van der Waals surface area contributed by atoms with Crippen molar-refractivity contribution in [3.8, 4) is 22.5 Å². The largest absolute Gasteiger partial charge is 0.249 e. The summed E-state index contributed by atoms with van der Waals surface area (Å²) in [6.07, 6.45) is 12.2. The maximum atomic E-state index is 5.08. The van der Waals surface area contributed by atoms with Crippen LogP contribution in [0.25, 0.3) is 22.5 Å². The van der Waals surface area contributed by atoms with Gasteiger partial charge in [0.2, 0.25) is 5.82 Å². The van der Waals surface area contributed by atoms with Crippen molar-refractivity contribution in [3.05, 3.63) is 65.7 Å². The Balaban J connectivity index is 1.35. The molecule has 0 unspecified atom stereocenters. The highest BCUT2D eigenvalue weighted by Crippen LogP contribution is 2.32. The van der Waals surface area contributed by atoms with Gasteiger partial charge in [-0.15, -0.1) is 10.2 Å². The summed E-state index contributed by atoms with van der Waals surface area (Å²) in [5, 5.41) is 19.6. The summed E-state index contributed by atoms with van der Waals surface area (Å²) in [6.45, 7) is 3.22. The molecule has 0 radical (unpaired) electrons. The summed E-state index contributed by atoms with van der Waals surface area (Å²) in [7, 11) is 0. The van der Waals surface area contributed by atoms with E-state index in [1.165, 1.54) is 63.4 Å². The van der Waals surface area contributed by atoms with Gasteiger partial charge in [0.25, 0.3) is 0 Å².